The van der Waals surface area contributed by atoms with Crippen LogP contribution in [0.3, 0.4) is 0 Å². The Morgan fingerprint density at radius 2 is 1.20 bits per heavy atom. The minimum atomic E-state index is 0.0496. The zero-order valence-corrected chi connectivity index (χ0v) is 14.4. The second-order valence-corrected chi connectivity index (χ2v) is 6.18. The molecule has 0 bridgehead atoms. The maximum Gasteiger partial charge on any atom is 0.0499 e. The molecule has 0 N–H and O–H groups in total. The van der Waals surface area contributed by atoms with Crippen LogP contribution < -0.4 is 0 Å². The maximum atomic E-state index is 11.9. The minimum Gasteiger partial charge on any atom is -0.784 e. The number of rotatable bonds is 14. The van der Waals surface area contributed by atoms with Gasteiger partial charge in [-0.25, -0.2) is 0 Å². The van der Waals surface area contributed by atoms with Crippen molar-refractivity contribution in [1.82, 2.24) is 9.96 Å². The molecule has 3 heteroatoms. The quantitative estimate of drug-likeness (QED) is 0.255. The van der Waals surface area contributed by atoms with Gasteiger partial charge in [-0.15, -0.1) is 0 Å². The molecule has 0 aromatic heterocycles. The van der Waals surface area contributed by atoms with Gasteiger partial charge in [-0.3, -0.25) is 4.90 Å². The van der Waals surface area contributed by atoms with E-state index in [-0.39, 0.29) is 6.17 Å². The molecule has 0 radical (unpaired) electrons. The van der Waals surface area contributed by atoms with Gasteiger partial charge in [0.1, 0.15) is 0 Å². The van der Waals surface area contributed by atoms with Gasteiger partial charge in [-0.05, 0) is 33.5 Å². The first kappa shape index (κ1) is 19.9. The molecule has 122 valence electrons. The zero-order chi connectivity index (χ0) is 15.2. The van der Waals surface area contributed by atoms with Crippen molar-refractivity contribution in [2.75, 3.05) is 20.6 Å². The molecule has 0 rings (SSSR count). The summed E-state index contributed by atoms with van der Waals surface area (Å²) in [6.07, 6.45) is 14.1. The third-order valence-electron chi connectivity index (χ3n) is 4.03. The van der Waals surface area contributed by atoms with Crippen molar-refractivity contribution in [2.24, 2.45) is 0 Å². The van der Waals surface area contributed by atoms with Gasteiger partial charge in [0.15, 0.2) is 0 Å². The molecular weight excluding hydrogens is 248 g/mol. The van der Waals surface area contributed by atoms with Crippen LogP contribution in [0.1, 0.15) is 84.5 Å². The first-order chi connectivity index (χ1) is 9.63. The van der Waals surface area contributed by atoms with E-state index in [1.807, 2.05) is 19.0 Å². The van der Waals surface area contributed by atoms with Gasteiger partial charge in [-0.1, -0.05) is 71.6 Å². The second-order valence-electron chi connectivity index (χ2n) is 6.18. The van der Waals surface area contributed by atoms with E-state index in [0.29, 0.717) is 6.54 Å². The summed E-state index contributed by atoms with van der Waals surface area (Å²) in [7, 11) is 3.97. The van der Waals surface area contributed by atoms with Crippen LogP contribution in [0, 0.1) is 5.21 Å². The summed E-state index contributed by atoms with van der Waals surface area (Å²) in [5.74, 6) is 0. The van der Waals surface area contributed by atoms with Crippen LogP contribution >= 0.6 is 0 Å². The minimum absolute atomic E-state index is 0.0496. The number of unbranched alkanes of at least 4 members (excludes halogenated alkanes) is 9. The molecule has 0 fully saturated rings. The normalized spacial score (nSPS) is 13.3. The fourth-order valence-corrected chi connectivity index (χ4v) is 2.73. The third kappa shape index (κ3) is 10.6. The van der Waals surface area contributed by atoms with Crippen molar-refractivity contribution in [1.29, 1.82) is 0 Å². The Morgan fingerprint density at radius 3 is 1.60 bits per heavy atom. The fourth-order valence-electron chi connectivity index (χ4n) is 2.73. The van der Waals surface area contributed by atoms with Gasteiger partial charge in [0.25, 0.3) is 0 Å². The van der Waals surface area contributed by atoms with E-state index in [2.05, 4.69) is 13.8 Å². The Hall–Kier alpha value is -0.120. The van der Waals surface area contributed by atoms with Crippen LogP contribution in [-0.2, 0) is 0 Å². The summed E-state index contributed by atoms with van der Waals surface area (Å²) in [5, 5.41) is 13.2. The highest BCUT2D eigenvalue weighted by Crippen LogP contribution is 2.12. The highest BCUT2D eigenvalue weighted by molar-refractivity contribution is 4.68. The first-order valence-corrected chi connectivity index (χ1v) is 8.73. The number of nitrogens with zero attached hydrogens (tertiary/aromatic N) is 2. The SMILES string of the molecule is CCCCCCCCCCCCN([O-])C(CC)N(C)C. The van der Waals surface area contributed by atoms with Crippen LogP contribution in [0.25, 0.3) is 0 Å². The summed E-state index contributed by atoms with van der Waals surface area (Å²) >= 11 is 0. The molecule has 0 aliphatic rings. The molecule has 0 heterocycles. The average molecular weight is 285 g/mol. The first-order valence-electron chi connectivity index (χ1n) is 8.73. The third-order valence-corrected chi connectivity index (χ3v) is 4.03. The van der Waals surface area contributed by atoms with Crippen LogP contribution in [0.2, 0.25) is 0 Å². The van der Waals surface area contributed by atoms with Gasteiger partial charge in [0.2, 0.25) is 0 Å². The molecule has 0 amide bonds. The van der Waals surface area contributed by atoms with Crippen LogP contribution in [0.15, 0.2) is 0 Å². The predicted molar refractivity (Wildman–Crippen MR) is 89.7 cm³/mol. The monoisotopic (exact) mass is 285 g/mol. The zero-order valence-electron chi connectivity index (χ0n) is 14.4. The summed E-state index contributed by atoms with van der Waals surface area (Å²) < 4.78 is 0. The second kappa shape index (κ2) is 13.8. The van der Waals surface area contributed by atoms with E-state index in [0.717, 1.165) is 12.8 Å². The number of hydrogen-bond donors (Lipinski definition) is 0. The molecule has 3 nitrogen and oxygen atoms in total. The molecule has 20 heavy (non-hydrogen) atoms. The van der Waals surface area contributed by atoms with Crippen LogP contribution in [0.4, 0.5) is 0 Å². The lowest BCUT2D eigenvalue weighted by Gasteiger charge is -2.40. The molecular formula is C17H37N2O-. The molecule has 0 spiro atoms. The topological polar surface area (TPSA) is 29.5 Å². The summed E-state index contributed by atoms with van der Waals surface area (Å²) in [5.41, 5.74) is 0. The summed E-state index contributed by atoms with van der Waals surface area (Å²) in [6, 6.07) is 0. The Kier molecular flexibility index (Phi) is 13.8. The van der Waals surface area contributed by atoms with Crippen LogP contribution in [0.5, 0.6) is 0 Å². The van der Waals surface area contributed by atoms with Gasteiger partial charge in [0.05, 0.1) is 0 Å². The Labute approximate surface area is 127 Å². The average Bonchev–Trinajstić information content (AvgIpc) is 2.41. The molecule has 0 saturated carbocycles. The van der Waals surface area contributed by atoms with Gasteiger partial charge in [-0.2, -0.15) is 0 Å². The van der Waals surface area contributed by atoms with E-state index in [9.17, 15) is 5.21 Å². The lowest BCUT2D eigenvalue weighted by Crippen LogP contribution is -2.41. The standard InChI is InChI=1S/C17H37N2O/c1-5-7-8-9-10-11-12-13-14-15-16-19(20)17(6-2)18(3)4/h17H,5-16H2,1-4H3/q-1. The molecule has 0 aliphatic heterocycles. The molecule has 0 saturated heterocycles. The van der Waals surface area contributed by atoms with Gasteiger partial charge < -0.3 is 10.3 Å². The summed E-state index contributed by atoms with van der Waals surface area (Å²) in [4.78, 5) is 2.02. The van der Waals surface area contributed by atoms with E-state index in [4.69, 9.17) is 0 Å². The Balaban J connectivity index is 3.35. The van der Waals surface area contributed by atoms with Crippen molar-refractivity contribution < 1.29 is 0 Å². The number of hydroxylamine groups is 2. The van der Waals surface area contributed by atoms with Gasteiger partial charge >= 0.3 is 0 Å². The largest absolute Gasteiger partial charge is 0.784 e. The Bertz CT molecular complexity index is 197. The van der Waals surface area contributed by atoms with Crippen molar-refractivity contribution in [3.63, 3.8) is 0 Å². The molecule has 0 aromatic rings. The van der Waals surface area contributed by atoms with E-state index >= 15 is 0 Å². The Morgan fingerprint density at radius 1 is 0.750 bits per heavy atom. The molecule has 1 atom stereocenters. The van der Waals surface area contributed by atoms with Crippen molar-refractivity contribution in [3.8, 4) is 0 Å². The van der Waals surface area contributed by atoms with Crippen molar-refractivity contribution in [2.45, 2.75) is 90.6 Å². The molecule has 0 aliphatic carbocycles. The summed E-state index contributed by atoms with van der Waals surface area (Å²) in [6.45, 7) is 5.03. The van der Waals surface area contributed by atoms with E-state index in [1.165, 1.54) is 62.9 Å². The smallest absolute Gasteiger partial charge is 0.0499 e. The number of hydrogen-bond acceptors (Lipinski definition) is 3. The lowest BCUT2D eigenvalue weighted by atomic mass is 10.1. The van der Waals surface area contributed by atoms with E-state index < -0.39 is 0 Å². The highest BCUT2D eigenvalue weighted by Gasteiger charge is 2.09. The van der Waals surface area contributed by atoms with Gasteiger partial charge in [0, 0.05) is 6.17 Å². The van der Waals surface area contributed by atoms with E-state index in [1.54, 1.807) is 0 Å². The van der Waals surface area contributed by atoms with Crippen molar-refractivity contribution >= 4 is 0 Å². The predicted octanol–water partition coefficient (Wildman–Crippen LogP) is 5.00. The lowest BCUT2D eigenvalue weighted by molar-refractivity contribution is 0.118. The highest BCUT2D eigenvalue weighted by atomic mass is 16.5. The maximum absolute atomic E-state index is 11.9. The molecule has 0 aromatic carbocycles. The molecule has 1 unspecified atom stereocenters. The fraction of sp³-hybridized carbons (Fsp3) is 1.00. The van der Waals surface area contributed by atoms with Crippen LogP contribution in [-0.4, -0.2) is 36.8 Å². The van der Waals surface area contributed by atoms with Crippen molar-refractivity contribution in [3.05, 3.63) is 5.21 Å².